The summed E-state index contributed by atoms with van der Waals surface area (Å²) in [7, 11) is 1.71. The van der Waals surface area contributed by atoms with E-state index >= 15 is 0 Å². The van der Waals surface area contributed by atoms with E-state index in [4.69, 9.17) is 9.47 Å². The summed E-state index contributed by atoms with van der Waals surface area (Å²) in [5, 5.41) is 28.1. The molecule has 1 saturated heterocycles. The van der Waals surface area contributed by atoms with Gasteiger partial charge < -0.3 is 25.4 Å². The summed E-state index contributed by atoms with van der Waals surface area (Å²) in [6, 6.07) is 6.73. The normalized spacial score (nSPS) is 21.7. The van der Waals surface area contributed by atoms with Crippen LogP contribution in [0.2, 0.25) is 0 Å². The van der Waals surface area contributed by atoms with Gasteiger partial charge in [-0.2, -0.15) is 10.4 Å². The van der Waals surface area contributed by atoms with Crippen LogP contribution in [0.25, 0.3) is 11.1 Å². The van der Waals surface area contributed by atoms with Gasteiger partial charge in [-0.15, -0.1) is 5.10 Å². The van der Waals surface area contributed by atoms with E-state index in [-0.39, 0.29) is 0 Å². The van der Waals surface area contributed by atoms with Crippen LogP contribution in [0.3, 0.4) is 0 Å². The lowest BCUT2D eigenvalue weighted by molar-refractivity contribution is 0.0455. The van der Waals surface area contributed by atoms with Gasteiger partial charge in [-0.25, -0.2) is 9.37 Å². The Morgan fingerprint density at radius 2 is 1.91 bits per heavy atom. The molecule has 2 aliphatic rings. The van der Waals surface area contributed by atoms with Crippen LogP contribution in [-0.4, -0.2) is 67.3 Å². The fourth-order valence-electron chi connectivity index (χ4n) is 4.71. The molecule has 0 spiro atoms. The summed E-state index contributed by atoms with van der Waals surface area (Å²) in [5.74, 6) is 0.737. The van der Waals surface area contributed by atoms with Crippen molar-refractivity contribution in [3.63, 3.8) is 0 Å². The van der Waals surface area contributed by atoms with Crippen molar-refractivity contribution >= 4 is 11.6 Å². The highest BCUT2D eigenvalue weighted by atomic mass is 19.1. The van der Waals surface area contributed by atoms with Crippen LogP contribution in [0.15, 0.2) is 24.5 Å². The van der Waals surface area contributed by atoms with Crippen LogP contribution >= 0.6 is 0 Å². The molecule has 2 aromatic rings. The molecule has 0 radical (unpaired) electrons. The second-order valence-corrected chi connectivity index (χ2v) is 9.38. The Labute approximate surface area is 205 Å². The molecular weight excluding hydrogens is 449 g/mol. The number of nitrogens with zero attached hydrogens (tertiary/aromatic N) is 4. The lowest BCUT2D eigenvalue weighted by Gasteiger charge is -2.30. The van der Waals surface area contributed by atoms with Crippen LogP contribution in [0.4, 0.5) is 16.0 Å². The number of rotatable bonds is 10. The highest BCUT2D eigenvalue weighted by Gasteiger charge is 2.32. The first kappa shape index (κ1) is 25.2. The first-order valence-electron chi connectivity index (χ1n) is 12.3. The maximum Gasteiger partial charge on any atom is 0.149 e. The third-order valence-corrected chi connectivity index (χ3v) is 6.93. The van der Waals surface area contributed by atoms with Crippen molar-refractivity contribution in [2.24, 2.45) is 5.41 Å². The van der Waals surface area contributed by atoms with Crippen molar-refractivity contribution in [3.05, 3.63) is 30.3 Å². The largest absolute Gasteiger partial charge is 0.383 e. The van der Waals surface area contributed by atoms with Crippen LogP contribution in [0, 0.1) is 22.6 Å². The maximum absolute atomic E-state index is 14.7. The SMILES string of the molecule is COCCNC1CCC(Nc2cc(-c3cnnc(NCC4(C#N)CCOCC4)c3)c(F)cn2)CC1. The zero-order valence-electron chi connectivity index (χ0n) is 20.2. The molecule has 10 heteroatoms. The number of hydrogen-bond acceptors (Lipinski definition) is 9. The van der Waals surface area contributed by atoms with Gasteiger partial charge in [-0.05, 0) is 50.7 Å². The molecule has 4 rings (SSSR count). The van der Waals surface area contributed by atoms with E-state index in [1.807, 2.05) is 0 Å². The summed E-state index contributed by atoms with van der Waals surface area (Å²) in [6.07, 6.45) is 8.33. The van der Waals surface area contributed by atoms with Gasteiger partial charge in [0.05, 0.1) is 30.5 Å². The van der Waals surface area contributed by atoms with Gasteiger partial charge in [-0.3, -0.25) is 0 Å². The maximum atomic E-state index is 14.7. The molecular formula is C25H34FN7O2. The molecule has 0 amide bonds. The average molecular weight is 484 g/mol. The lowest BCUT2D eigenvalue weighted by Crippen LogP contribution is -2.38. The molecule has 0 bridgehead atoms. The van der Waals surface area contributed by atoms with Gasteiger partial charge in [0.2, 0.25) is 0 Å². The summed E-state index contributed by atoms with van der Waals surface area (Å²) in [5.41, 5.74) is 0.527. The highest BCUT2D eigenvalue weighted by Crippen LogP contribution is 2.31. The van der Waals surface area contributed by atoms with Gasteiger partial charge >= 0.3 is 0 Å². The molecule has 3 heterocycles. The summed E-state index contributed by atoms with van der Waals surface area (Å²) in [6.45, 7) is 3.18. The highest BCUT2D eigenvalue weighted by molar-refractivity contribution is 5.68. The quantitative estimate of drug-likeness (QED) is 0.437. The second kappa shape index (κ2) is 12.2. The van der Waals surface area contributed by atoms with Crippen LogP contribution in [0.1, 0.15) is 38.5 Å². The van der Waals surface area contributed by atoms with Crippen LogP contribution in [0.5, 0.6) is 0 Å². The Bertz CT molecular complexity index is 1000. The number of hydrogen-bond donors (Lipinski definition) is 3. The topological polar surface area (TPSA) is 117 Å². The Kier molecular flexibility index (Phi) is 8.79. The number of halogens is 1. The lowest BCUT2D eigenvalue weighted by atomic mass is 9.82. The zero-order chi connectivity index (χ0) is 24.5. The molecule has 188 valence electrons. The molecule has 1 aliphatic carbocycles. The van der Waals surface area contributed by atoms with E-state index in [2.05, 4.69) is 37.2 Å². The molecule has 0 unspecified atom stereocenters. The minimum Gasteiger partial charge on any atom is -0.383 e. The van der Waals surface area contributed by atoms with Gasteiger partial charge in [-0.1, -0.05) is 0 Å². The summed E-state index contributed by atoms with van der Waals surface area (Å²) < 4.78 is 25.2. The van der Waals surface area contributed by atoms with Crippen molar-refractivity contribution in [2.45, 2.75) is 50.6 Å². The molecule has 3 N–H and O–H groups in total. The van der Waals surface area contributed by atoms with Crippen molar-refractivity contribution in [3.8, 4) is 17.2 Å². The number of ether oxygens (including phenoxy) is 2. The summed E-state index contributed by atoms with van der Waals surface area (Å²) in [4.78, 5) is 4.26. The van der Waals surface area contributed by atoms with E-state index in [9.17, 15) is 9.65 Å². The fraction of sp³-hybridized carbons (Fsp3) is 0.600. The smallest absolute Gasteiger partial charge is 0.149 e. The minimum atomic E-state index is -0.493. The Morgan fingerprint density at radius 1 is 1.14 bits per heavy atom. The Balaban J connectivity index is 1.38. The van der Waals surface area contributed by atoms with Crippen molar-refractivity contribution < 1.29 is 13.9 Å². The number of anilines is 2. The van der Waals surface area contributed by atoms with E-state index in [1.54, 1.807) is 25.4 Å². The molecule has 9 nitrogen and oxygen atoms in total. The zero-order valence-corrected chi connectivity index (χ0v) is 20.2. The van der Waals surface area contributed by atoms with E-state index < -0.39 is 11.2 Å². The number of methoxy groups -OCH3 is 1. The second-order valence-electron chi connectivity index (χ2n) is 9.38. The standard InChI is InChI=1S/C25H34FN7O2/c1-34-11-8-28-19-2-4-20(5-3-19)32-23-13-21(22(26)15-29-23)18-12-24(33-31-14-18)30-17-25(16-27)6-9-35-10-7-25/h12-15,19-20,28H,2-11,17H2,1H3,(H,29,32)(H,30,33). The molecule has 2 aromatic heterocycles. The third-order valence-electron chi connectivity index (χ3n) is 6.93. The molecule has 2 fully saturated rings. The third kappa shape index (κ3) is 6.84. The van der Waals surface area contributed by atoms with Crippen LogP contribution < -0.4 is 16.0 Å². The number of aromatic nitrogens is 3. The number of nitrogens with one attached hydrogen (secondary N) is 3. The van der Waals surface area contributed by atoms with Crippen molar-refractivity contribution in [2.75, 3.05) is 50.7 Å². The first-order chi connectivity index (χ1) is 17.1. The van der Waals surface area contributed by atoms with Gasteiger partial charge in [0.25, 0.3) is 0 Å². The predicted octanol–water partition coefficient (Wildman–Crippen LogP) is 3.37. The fourth-order valence-corrected chi connectivity index (χ4v) is 4.71. The van der Waals surface area contributed by atoms with Crippen molar-refractivity contribution in [1.82, 2.24) is 20.5 Å². The van der Waals surface area contributed by atoms with E-state index in [0.717, 1.165) is 38.8 Å². The number of pyridine rings is 1. The summed E-state index contributed by atoms with van der Waals surface area (Å²) >= 11 is 0. The van der Waals surface area contributed by atoms with E-state index in [0.29, 0.717) is 67.4 Å². The first-order valence-corrected chi connectivity index (χ1v) is 12.3. The minimum absolute atomic E-state index is 0.302. The average Bonchev–Trinajstić information content (AvgIpc) is 2.90. The Hall–Kier alpha value is -2.87. The van der Waals surface area contributed by atoms with Gasteiger partial charge in [0.15, 0.2) is 0 Å². The number of nitriles is 1. The predicted molar refractivity (Wildman–Crippen MR) is 131 cm³/mol. The Morgan fingerprint density at radius 3 is 2.66 bits per heavy atom. The molecule has 1 saturated carbocycles. The van der Waals surface area contributed by atoms with Gasteiger partial charge in [0, 0.05) is 56.6 Å². The van der Waals surface area contributed by atoms with Crippen molar-refractivity contribution in [1.29, 1.82) is 5.26 Å². The van der Waals surface area contributed by atoms with Crippen LogP contribution in [-0.2, 0) is 9.47 Å². The molecule has 35 heavy (non-hydrogen) atoms. The molecule has 1 aliphatic heterocycles. The van der Waals surface area contributed by atoms with E-state index in [1.165, 1.54) is 6.20 Å². The monoisotopic (exact) mass is 483 g/mol. The molecule has 0 aromatic carbocycles. The van der Waals surface area contributed by atoms with Gasteiger partial charge in [0.1, 0.15) is 17.5 Å². The molecule has 0 atom stereocenters.